The molecule has 14 heavy (non-hydrogen) atoms. The summed E-state index contributed by atoms with van der Waals surface area (Å²) in [4.78, 5) is 0. The molecule has 1 rings (SSSR count). The third-order valence-electron chi connectivity index (χ3n) is 2.55. The number of nitrogens with one attached hydrogen (secondary N) is 2. The monoisotopic (exact) mass is 214 g/mol. The third-order valence-corrected chi connectivity index (χ3v) is 3.51. The standard InChI is InChI=1S/C11H22N2S/c1-2-8-14-9-7-13-10-11-3-5-12-6-4-11/h2,11-13H,1,3-10H2. The molecule has 0 atom stereocenters. The summed E-state index contributed by atoms with van der Waals surface area (Å²) < 4.78 is 0. The lowest BCUT2D eigenvalue weighted by Crippen LogP contribution is -2.34. The van der Waals surface area contributed by atoms with Gasteiger partial charge in [-0.2, -0.15) is 11.8 Å². The van der Waals surface area contributed by atoms with E-state index in [1.165, 1.54) is 38.2 Å². The zero-order chi connectivity index (χ0) is 10.1. The molecule has 1 heterocycles. The van der Waals surface area contributed by atoms with Crippen LogP contribution < -0.4 is 10.6 Å². The maximum Gasteiger partial charge on any atom is 0.0111 e. The van der Waals surface area contributed by atoms with Gasteiger partial charge in [-0.3, -0.25) is 0 Å². The molecule has 3 heteroatoms. The van der Waals surface area contributed by atoms with Crippen molar-refractivity contribution in [3.05, 3.63) is 12.7 Å². The van der Waals surface area contributed by atoms with Gasteiger partial charge in [0.15, 0.2) is 0 Å². The molecule has 0 unspecified atom stereocenters. The van der Waals surface area contributed by atoms with Crippen LogP contribution in [0.3, 0.4) is 0 Å². The smallest absolute Gasteiger partial charge is 0.0111 e. The predicted octanol–water partition coefficient (Wildman–Crippen LogP) is 1.49. The topological polar surface area (TPSA) is 24.1 Å². The van der Waals surface area contributed by atoms with Gasteiger partial charge in [-0.15, -0.1) is 6.58 Å². The Labute approximate surface area is 91.9 Å². The summed E-state index contributed by atoms with van der Waals surface area (Å²) in [5, 5.41) is 6.92. The van der Waals surface area contributed by atoms with Crippen LogP contribution in [0.1, 0.15) is 12.8 Å². The summed E-state index contributed by atoms with van der Waals surface area (Å²) in [7, 11) is 0. The van der Waals surface area contributed by atoms with Crippen molar-refractivity contribution in [2.45, 2.75) is 12.8 Å². The highest BCUT2D eigenvalue weighted by Crippen LogP contribution is 2.09. The number of rotatable bonds is 7. The summed E-state index contributed by atoms with van der Waals surface area (Å²) in [5.74, 6) is 3.19. The fraction of sp³-hybridized carbons (Fsp3) is 0.818. The molecule has 1 fully saturated rings. The van der Waals surface area contributed by atoms with Gasteiger partial charge in [-0.1, -0.05) is 6.08 Å². The molecule has 0 spiro atoms. The van der Waals surface area contributed by atoms with E-state index in [1.807, 2.05) is 17.8 Å². The largest absolute Gasteiger partial charge is 0.317 e. The van der Waals surface area contributed by atoms with Gasteiger partial charge < -0.3 is 10.6 Å². The van der Waals surface area contributed by atoms with Crippen LogP contribution in [-0.2, 0) is 0 Å². The van der Waals surface area contributed by atoms with Crippen LogP contribution in [0.5, 0.6) is 0 Å². The molecular formula is C11H22N2S. The third kappa shape index (κ3) is 5.68. The molecule has 2 nitrogen and oxygen atoms in total. The van der Waals surface area contributed by atoms with Crippen molar-refractivity contribution in [2.24, 2.45) is 5.92 Å². The minimum Gasteiger partial charge on any atom is -0.317 e. The second kappa shape index (κ2) is 8.33. The fourth-order valence-corrected chi connectivity index (χ4v) is 2.33. The van der Waals surface area contributed by atoms with Crippen molar-refractivity contribution >= 4 is 11.8 Å². The van der Waals surface area contributed by atoms with Gasteiger partial charge in [0.1, 0.15) is 0 Å². The Morgan fingerprint density at radius 2 is 2.21 bits per heavy atom. The maximum atomic E-state index is 3.70. The number of piperidine rings is 1. The lowest BCUT2D eigenvalue weighted by Gasteiger charge is -2.22. The summed E-state index contributed by atoms with van der Waals surface area (Å²) in [6.45, 7) is 8.46. The first-order chi connectivity index (χ1) is 6.93. The van der Waals surface area contributed by atoms with Gasteiger partial charge in [-0.05, 0) is 38.4 Å². The minimum atomic E-state index is 0.903. The van der Waals surface area contributed by atoms with E-state index in [2.05, 4.69) is 17.2 Å². The van der Waals surface area contributed by atoms with Crippen molar-refractivity contribution in [1.82, 2.24) is 10.6 Å². The molecule has 82 valence electrons. The van der Waals surface area contributed by atoms with Crippen molar-refractivity contribution in [3.8, 4) is 0 Å². The van der Waals surface area contributed by atoms with Crippen molar-refractivity contribution in [2.75, 3.05) is 37.7 Å². The normalized spacial score (nSPS) is 18.3. The molecule has 1 aliphatic rings. The van der Waals surface area contributed by atoms with Crippen molar-refractivity contribution < 1.29 is 0 Å². The summed E-state index contributed by atoms with van der Waals surface area (Å²) in [6.07, 6.45) is 4.65. The van der Waals surface area contributed by atoms with Crippen LogP contribution in [0.15, 0.2) is 12.7 Å². The Balaban J connectivity index is 1.85. The summed E-state index contributed by atoms with van der Waals surface area (Å²) in [5.41, 5.74) is 0. The molecule has 0 radical (unpaired) electrons. The molecule has 0 aromatic rings. The Morgan fingerprint density at radius 1 is 1.43 bits per heavy atom. The van der Waals surface area contributed by atoms with E-state index in [9.17, 15) is 0 Å². The highest BCUT2D eigenvalue weighted by molar-refractivity contribution is 7.99. The van der Waals surface area contributed by atoms with Gasteiger partial charge in [0.05, 0.1) is 0 Å². The lowest BCUT2D eigenvalue weighted by atomic mass is 9.98. The quantitative estimate of drug-likeness (QED) is 0.496. The first-order valence-corrected chi connectivity index (χ1v) is 6.69. The van der Waals surface area contributed by atoms with Crippen LogP contribution >= 0.6 is 11.8 Å². The second-order valence-electron chi connectivity index (χ2n) is 3.76. The molecule has 1 aliphatic heterocycles. The SMILES string of the molecule is C=CCSCCNCC1CCNCC1. The number of hydrogen-bond acceptors (Lipinski definition) is 3. The van der Waals surface area contributed by atoms with Gasteiger partial charge in [0.2, 0.25) is 0 Å². The van der Waals surface area contributed by atoms with Crippen molar-refractivity contribution in [3.63, 3.8) is 0 Å². The molecule has 0 aromatic heterocycles. The first kappa shape index (κ1) is 12.1. The van der Waals surface area contributed by atoms with E-state index in [0.717, 1.165) is 18.2 Å². The maximum absolute atomic E-state index is 3.70. The molecule has 0 aliphatic carbocycles. The average molecular weight is 214 g/mol. The first-order valence-electron chi connectivity index (χ1n) is 5.53. The Bertz CT molecular complexity index is 144. The van der Waals surface area contributed by atoms with E-state index in [-0.39, 0.29) is 0 Å². The number of thioether (sulfide) groups is 1. The zero-order valence-corrected chi connectivity index (χ0v) is 9.74. The summed E-state index contributed by atoms with van der Waals surface area (Å²) in [6, 6.07) is 0. The van der Waals surface area contributed by atoms with Crippen LogP contribution in [0, 0.1) is 5.92 Å². The van der Waals surface area contributed by atoms with E-state index in [4.69, 9.17) is 0 Å². The van der Waals surface area contributed by atoms with E-state index in [0.29, 0.717) is 0 Å². The predicted molar refractivity (Wildman–Crippen MR) is 66.0 cm³/mol. The molecule has 0 aromatic carbocycles. The van der Waals surface area contributed by atoms with Gasteiger partial charge in [-0.25, -0.2) is 0 Å². The minimum absolute atomic E-state index is 0.903. The highest BCUT2D eigenvalue weighted by Gasteiger charge is 2.11. The molecular weight excluding hydrogens is 192 g/mol. The van der Waals surface area contributed by atoms with Crippen LogP contribution in [0.2, 0.25) is 0 Å². The van der Waals surface area contributed by atoms with E-state index < -0.39 is 0 Å². The Kier molecular flexibility index (Phi) is 7.19. The molecule has 1 saturated heterocycles. The van der Waals surface area contributed by atoms with Gasteiger partial charge in [0.25, 0.3) is 0 Å². The second-order valence-corrected chi connectivity index (χ2v) is 4.91. The van der Waals surface area contributed by atoms with Crippen LogP contribution in [-0.4, -0.2) is 37.7 Å². The average Bonchev–Trinajstić information content (AvgIpc) is 2.25. The molecule has 0 amide bonds. The Hall–Kier alpha value is 0.01000. The van der Waals surface area contributed by atoms with E-state index in [1.54, 1.807) is 0 Å². The molecule has 2 N–H and O–H groups in total. The lowest BCUT2D eigenvalue weighted by molar-refractivity contribution is 0.360. The van der Waals surface area contributed by atoms with Gasteiger partial charge >= 0.3 is 0 Å². The Morgan fingerprint density at radius 3 is 2.93 bits per heavy atom. The fourth-order valence-electron chi connectivity index (χ4n) is 1.70. The van der Waals surface area contributed by atoms with E-state index >= 15 is 0 Å². The van der Waals surface area contributed by atoms with Gasteiger partial charge in [0, 0.05) is 18.1 Å². The van der Waals surface area contributed by atoms with Crippen LogP contribution in [0.25, 0.3) is 0 Å². The molecule has 0 bridgehead atoms. The summed E-state index contributed by atoms with van der Waals surface area (Å²) >= 11 is 1.95. The van der Waals surface area contributed by atoms with Crippen molar-refractivity contribution in [1.29, 1.82) is 0 Å². The highest BCUT2D eigenvalue weighted by atomic mass is 32.2. The van der Waals surface area contributed by atoms with Crippen LogP contribution in [0.4, 0.5) is 0 Å². The molecule has 0 saturated carbocycles. The zero-order valence-electron chi connectivity index (χ0n) is 8.93. The number of hydrogen-bond donors (Lipinski definition) is 2.